The lowest BCUT2D eigenvalue weighted by atomic mass is 10.1. The van der Waals surface area contributed by atoms with Gasteiger partial charge < -0.3 is 19.9 Å². The van der Waals surface area contributed by atoms with E-state index in [1.807, 2.05) is 72.5 Å². The van der Waals surface area contributed by atoms with Gasteiger partial charge in [0.15, 0.2) is 5.75 Å². The summed E-state index contributed by atoms with van der Waals surface area (Å²) in [5.74, 6) is 2.40. The third-order valence-electron chi connectivity index (χ3n) is 5.73. The zero-order chi connectivity index (χ0) is 22.1. The van der Waals surface area contributed by atoms with Crippen molar-refractivity contribution in [2.24, 2.45) is 4.99 Å². The average molecular weight is 447 g/mol. The fraction of sp³-hybridized carbons (Fsp3) is 0.200. The van der Waals surface area contributed by atoms with E-state index in [1.165, 1.54) is 0 Å². The molecular weight excluding hydrogens is 424 g/mol. The van der Waals surface area contributed by atoms with E-state index in [-0.39, 0.29) is 6.03 Å². The summed E-state index contributed by atoms with van der Waals surface area (Å²) in [6.45, 7) is 4.48. The molecule has 0 bridgehead atoms. The van der Waals surface area contributed by atoms with Crippen LogP contribution in [0.5, 0.6) is 11.5 Å². The Morgan fingerprint density at radius 3 is 2.47 bits per heavy atom. The molecule has 32 heavy (non-hydrogen) atoms. The molecule has 3 aromatic rings. The normalized spacial score (nSPS) is 15.1. The van der Waals surface area contributed by atoms with Gasteiger partial charge in [-0.3, -0.25) is 0 Å². The van der Waals surface area contributed by atoms with E-state index in [4.69, 9.17) is 21.3 Å². The predicted molar refractivity (Wildman–Crippen MR) is 128 cm³/mol. The summed E-state index contributed by atoms with van der Waals surface area (Å²) in [4.78, 5) is 21.7. The Kier molecular flexibility index (Phi) is 5.45. The van der Waals surface area contributed by atoms with Crippen LogP contribution in [0.4, 0.5) is 16.2 Å². The Hall–Kier alpha value is -3.51. The van der Waals surface area contributed by atoms with Crippen LogP contribution in [0.1, 0.15) is 11.1 Å². The number of aliphatic imine (C=N–C) groups is 1. The highest BCUT2D eigenvalue weighted by Gasteiger charge is 2.27. The summed E-state index contributed by atoms with van der Waals surface area (Å²) < 4.78 is 6.14. The first-order chi connectivity index (χ1) is 15.6. The van der Waals surface area contributed by atoms with Gasteiger partial charge in [0, 0.05) is 36.9 Å². The lowest BCUT2D eigenvalue weighted by Gasteiger charge is -2.36. The molecular formula is C25H23ClN4O2. The lowest BCUT2D eigenvalue weighted by Crippen LogP contribution is -2.51. The number of anilines is 1. The minimum absolute atomic E-state index is 0.124. The van der Waals surface area contributed by atoms with Crippen LogP contribution in [-0.2, 0) is 0 Å². The first-order valence-electron chi connectivity index (χ1n) is 10.6. The molecule has 1 fully saturated rings. The number of urea groups is 1. The fourth-order valence-corrected chi connectivity index (χ4v) is 4.09. The van der Waals surface area contributed by atoms with Gasteiger partial charge in [0.25, 0.3) is 0 Å². The van der Waals surface area contributed by atoms with Crippen LogP contribution in [-0.4, -0.2) is 47.8 Å². The number of amidine groups is 1. The highest BCUT2D eigenvalue weighted by Crippen LogP contribution is 2.37. The molecule has 0 saturated carbocycles. The molecule has 162 valence electrons. The molecule has 2 aliphatic rings. The van der Waals surface area contributed by atoms with Gasteiger partial charge in [-0.15, -0.1) is 0 Å². The number of fused-ring (bicyclic) bond motifs is 2. The van der Waals surface area contributed by atoms with Gasteiger partial charge in [-0.05, 0) is 48.9 Å². The maximum Gasteiger partial charge on any atom is 0.321 e. The molecule has 5 rings (SSSR count). The Balaban J connectivity index is 1.33. The van der Waals surface area contributed by atoms with Crippen molar-refractivity contribution < 1.29 is 9.53 Å². The van der Waals surface area contributed by atoms with E-state index in [9.17, 15) is 4.79 Å². The van der Waals surface area contributed by atoms with Gasteiger partial charge in [0.05, 0.1) is 5.56 Å². The van der Waals surface area contributed by atoms with Gasteiger partial charge in [-0.25, -0.2) is 9.79 Å². The van der Waals surface area contributed by atoms with E-state index < -0.39 is 0 Å². The smallest absolute Gasteiger partial charge is 0.321 e. The molecule has 1 saturated heterocycles. The van der Waals surface area contributed by atoms with Crippen LogP contribution in [0.3, 0.4) is 0 Å². The van der Waals surface area contributed by atoms with Crippen LogP contribution in [0, 0.1) is 6.92 Å². The topological polar surface area (TPSA) is 57.2 Å². The minimum atomic E-state index is -0.124. The highest BCUT2D eigenvalue weighted by atomic mass is 35.5. The monoisotopic (exact) mass is 446 g/mol. The summed E-state index contributed by atoms with van der Waals surface area (Å²) in [5, 5.41) is 3.59. The largest absolute Gasteiger partial charge is 0.454 e. The van der Waals surface area contributed by atoms with Crippen molar-refractivity contribution in [2.45, 2.75) is 6.92 Å². The standard InChI is InChI=1S/C25H23ClN4O2/c1-17-10-11-18(16-20(17)26)27-25(31)30-14-12-29(13-15-30)24-19-6-2-4-8-22(19)32-23-9-5-3-7-21(23)28-24/h2-11,16H,12-15H2,1H3,(H,27,31). The number of hydrogen-bond acceptors (Lipinski definition) is 4. The number of piperazine rings is 1. The van der Waals surface area contributed by atoms with Gasteiger partial charge in [0.1, 0.15) is 17.3 Å². The summed E-state index contributed by atoms with van der Waals surface area (Å²) in [6, 6.07) is 21.1. The lowest BCUT2D eigenvalue weighted by molar-refractivity contribution is 0.181. The first-order valence-corrected chi connectivity index (χ1v) is 11.0. The molecule has 0 spiro atoms. The molecule has 2 heterocycles. The average Bonchev–Trinajstić information content (AvgIpc) is 2.98. The third kappa shape index (κ3) is 4.01. The maximum absolute atomic E-state index is 12.8. The fourth-order valence-electron chi connectivity index (χ4n) is 3.90. The van der Waals surface area contributed by atoms with Gasteiger partial charge >= 0.3 is 6.03 Å². The van der Waals surface area contributed by atoms with Crippen molar-refractivity contribution in [3.63, 3.8) is 0 Å². The Labute approximate surface area is 192 Å². The number of rotatable bonds is 1. The second kappa shape index (κ2) is 8.55. The Bertz CT molecular complexity index is 1200. The van der Waals surface area contributed by atoms with Crippen LogP contribution in [0.25, 0.3) is 0 Å². The number of para-hydroxylation sites is 3. The van der Waals surface area contributed by atoms with Crippen LogP contribution in [0.2, 0.25) is 5.02 Å². The molecule has 2 amide bonds. The molecule has 0 aliphatic carbocycles. The molecule has 3 aromatic carbocycles. The Morgan fingerprint density at radius 2 is 1.69 bits per heavy atom. The second-order valence-electron chi connectivity index (χ2n) is 7.87. The number of carbonyl (C=O) groups excluding carboxylic acids is 1. The molecule has 0 radical (unpaired) electrons. The van der Waals surface area contributed by atoms with Crippen LogP contribution in [0.15, 0.2) is 71.7 Å². The number of benzene rings is 3. The number of halogens is 1. The number of hydrogen-bond donors (Lipinski definition) is 1. The molecule has 7 heteroatoms. The summed E-state index contributed by atoms with van der Waals surface area (Å²) in [5.41, 5.74) is 3.43. The number of ether oxygens (including phenoxy) is 1. The van der Waals surface area contributed by atoms with Gasteiger partial charge in [-0.2, -0.15) is 0 Å². The van der Waals surface area contributed by atoms with E-state index >= 15 is 0 Å². The molecule has 0 atom stereocenters. The van der Waals surface area contributed by atoms with Crippen LogP contribution < -0.4 is 10.1 Å². The number of aryl methyl sites for hydroxylation is 1. The number of amides is 2. The SMILES string of the molecule is Cc1ccc(NC(=O)N2CCN(C3=Nc4ccccc4Oc4ccccc43)CC2)cc1Cl. The predicted octanol–water partition coefficient (Wildman–Crippen LogP) is 5.68. The molecule has 1 N–H and O–H groups in total. The summed E-state index contributed by atoms with van der Waals surface area (Å²) >= 11 is 6.18. The quantitative estimate of drug-likeness (QED) is 0.523. The van der Waals surface area contributed by atoms with Gasteiger partial charge in [-0.1, -0.05) is 41.9 Å². The maximum atomic E-state index is 12.8. The number of nitrogens with one attached hydrogen (secondary N) is 1. The zero-order valence-corrected chi connectivity index (χ0v) is 18.5. The molecule has 6 nitrogen and oxygen atoms in total. The van der Waals surface area contributed by atoms with Crippen molar-refractivity contribution in [3.8, 4) is 11.5 Å². The van der Waals surface area contributed by atoms with Gasteiger partial charge in [0.2, 0.25) is 0 Å². The van der Waals surface area contributed by atoms with E-state index in [0.717, 1.165) is 34.1 Å². The van der Waals surface area contributed by atoms with Crippen molar-refractivity contribution in [1.29, 1.82) is 0 Å². The number of nitrogens with zero attached hydrogens (tertiary/aromatic N) is 3. The summed E-state index contributed by atoms with van der Waals surface area (Å²) in [7, 11) is 0. The first kappa shape index (κ1) is 20.4. The number of carbonyl (C=O) groups is 1. The molecule has 0 unspecified atom stereocenters. The third-order valence-corrected chi connectivity index (χ3v) is 6.14. The zero-order valence-electron chi connectivity index (χ0n) is 17.7. The van der Waals surface area contributed by atoms with Crippen molar-refractivity contribution in [3.05, 3.63) is 82.9 Å². The summed E-state index contributed by atoms with van der Waals surface area (Å²) in [6.07, 6.45) is 0. The molecule has 2 aliphatic heterocycles. The molecule has 0 aromatic heterocycles. The second-order valence-corrected chi connectivity index (χ2v) is 8.28. The van der Waals surface area contributed by atoms with Crippen molar-refractivity contribution >= 4 is 34.8 Å². The van der Waals surface area contributed by atoms with E-state index in [1.54, 1.807) is 6.07 Å². The Morgan fingerprint density at radius 1 is 0.969 bits per heavy atom. The van der Waals surface area contributed by atoms with Crippen molar-refractivity contribution in [1.82, 2.24) is 9.80 Å². The van der Waals surface area contributed by atoms with E-state index in [0.29, 0.717) is 36.9 Å². The van der Waals surface area contributed by atoms with Crippen LogP contribution >= 0.6 is 11.6 Å². The highest BCUT2D eigenvalue weighted by molar-refractivity contribution is 6.31. The van der Waals surface area contributed by atoms with Crippen molar-refractivity contribution in [2.75, 3.05) is 31.5 Å². The minimum Gasteiger partial charge on any atom is -0.454 e. The van der Waals surface area contributed by atoms with E-state index in [2.05, 4.69) is 10.2 Å².